The fourth-order valence-corrected chi connectivity index (χ4v) is 2.17. The molecule has 1 aromatic rings. The fourth-order valence-electron chi connectivity index (χ4n) is 1.67. The van der Waals surface area contributed by atoms with Crippen molar-refractivity contribution >= 4 is 28.9 Å². The minimum absolute atomic E-state index is 0.00580. The van der Waals surface area contributed by atoms with Crippen molar-refractivity contribution in [3.05, 3.63) is 34.4 Å². The van der Waals surface area contributed by atoms with E-state index in [-0.39, 0.29) is 36.8 Å². The highest BCUT2D eigenvalue weighted by Gasteiger charge is 2.23. The first-order valence-electron chi connectivity index (χ1n) is 6.49. The van der Waals surface area contributed by atoms with Crippen LogP contribution in [0.25, 0.3) is 0 Å². The average molecular weight is 355 g/mol. The molecule has 0 spiro atoms. The monoisotopic (exact) mass is 355 g/mol. The van der Waals surface area contributed by atoms with Crippen LogP contribution in [0.4, 0.5) is 5.69 Å². The average Bonchev–Trinajstić information content (AvgIpc) is 3.05. The van der Waals surface area contributed by atoms with E-state index in [9.17, 15) is 19.1 Å². The molecule has 1 N–H and O–H groups in total. The lowest BCUT2D eigenvalue weighted by atomic mass is 10.3. The normalized spacial score (nSPS) is 13.8. The van der Waals surface area contributed by atoms with Gasteiger partial charge in [0.15, 0.2) is 0 Å². The zero-order chi connectivity index (χ0) is 17.5. The Morgan fingerprint density at radius 2 is 1.88 bits per heavy atom. The predicted octanol–water partition coefficient (Wildman–Crippen LogP) is 1.62. The number of carbonyl (C=O) groups excluding carboxylic acids is 1. The molecule has 1 aliphatic rings. The van der Waals surface area contributed by atoms with E-state index in [1.54, 1.807) is 0 Å². The first-order valence-corrected chi connectivity index (χ1v) is 7.56. The molecule has 1 aromatic carbocycles. The third-order valence-corrected chi connectivity index (χ3v) is 3.46. The summed E-state index contributed by atoms with van der Waals surface area (Å²) in [7, 11) is 0. The number of non-ortho nitro benzene ring substituents is 1. The molecule has 13 heteroatoms. The molecule has 1 unspecified atom stereocenters. The highest BCUT2D eigenvalue weighted by atomic mass is 32.2. The Kier molecular flexibility index (Phi) is 5.86. The number of nitro groups is 1. The van der Waals surface area contributed by atoms with Gasteiger partial charge in [-0.2, -0.15) is 4.21 Å². The highest BCUT2D eigenvalue weighted by molar-refractivity contribution is 7.72. The Balaban J connectivity index is 1.86. The van der Waals surface area contributed by atoms with Crippen molar-refractivity contribution in [2.75, 3.05) is 6.54 Å². The van der Waals surface area contributed by atoms with Crippen LogP contribution in [-0.2, 0) is 16.1 Å². The first-order chi connectivity index (χ1) is 11.5. The van der Waals surface area contributed by atoms with Crippen LogP contribution in [0.15, 0.2) is 44.9 Å². The number of guanidine groups is 1. The van der Waals surface area contributed by atoms with Gasteiger partial charge in [0.2, 0.25) is 0 Å². The van der Waals surface area contributed by atoms with Crippen LogP contribution in [-0.4, -0.2) is 36.1 Å². The molecule has 0 aliphatic carbocycles. The van der Waals surface area contributed by atoms with Gasteiger partial charge >= 0.3 is 23.2 Å². The lowest BCUT2D eigenvalue weighted by molar-refractivity contribution is -0.384. The lowest BCUT2D eigenvalue weighted by Gasteiger charge is -2.04. The summed E-state index contributed by atoms with van der Waals surface area (Å²) >= 11 is -2.38. The summed E-state index contributed by atoms with van der Waals surface area (Å²) in [5.41, 5.74) is -0.118. The minimum atomic E-state index is -2.38. The highest BCUT2D eigenvalue weighted by Crippen LogP contribution is 2.17. The molecular formula is C11H11N6O6S+. The van der Waals surface area contributed by atoms with Gasteiger partial charge in [0.05, 0.1) is 32.1 Å². The standard InChI is InChI=1S/C11H10N6O6S/c18-10(23-9-5-3-8(4-6-9)17(19)20)2-1-7-16(24(21)22)11-12-14-15-13-11/h3-6H,1-2,7H2/p+1. The maximum atomic E-state index is 11.7. The smallest absolute Gasteiger partial charge is 0.427 e. The molecular weight excluding hydrogens is 344 g/mol. The zero-order valence-electron chi connectivity index (χ0n) is 12.0. The van der Waals surface area contributed by atoms with Crippen molar-refractivity contribution in [2.45, 2.75) is 12.8 Å². The maximum Gasteiger partial charge on any atom is 0.491 e. The predicted molar refractivity (Wildman–Crippen MR) is 78.6 cm³/mol. The molecule has 126 valence electrons. The summed E-state index contributed by atoms with van der Waals surface area (Å²) in [6, 6.07) is 5.04. The molecule has 0 saturated carbocycles. The zero-order valence-corrected chi connectivity index (χ0v) is 12.8. The number of carbonyl (C=O) groups is 1. The topological polar surface area (TPSA) is 159 Å². The molecule has 0 radical (unpaired) electrons. The van der Waals surface area contributed by atoms with E-state index in [4.69, 9.17) is 9.29 Å². The number of nitrogens with zero attached hydrogens (tertiary/aromatic N) is 6. The second-order valence-electron chi connectivity index (χ2n) is 4.34. The molecule has 24 heavy (non-hydrogen) atoms. The Morgan fingerprint density at radius 3 is 2.42 bits per heavy atom. The summed E-state index contributed by atoms with van der Waals surface area (Å²) in [5, 5.41) is 23.8. The van der Waals surface area contributed by atoms with Gasteiger partial charge in [-0.05, 0) is 18.6 Å². The number of hydrogen-bond donors (Lipinski definition) is 1. The number of rotatable bonds is 7. The van der Waals surface area contributed by atoms with E-state index >= 15 is 0 Å². The molecule has 0 aromatic heterocycles. The largest absolute Gasteiger partial charge is 0.491 e. The van der Waals surface area contributed by atoms with Crippen molar-refractivity contribution in [3.63, 3.8) is 0 Å². The van der Waals surface area contributed by atoms with Crippen LogP contribution >= 0.6 is 0 Å². The molecule has 2 rings (SSSR count). The third kappa shape index (κ3) is 4.79. The summed E-state index contributed by atoms with van der Waals surface area (Å²) in [5.74, 6) is -0.548. The Labute approximate surface area is 137 Å². The quantitative estimate of drug-likeness (QED) is 0.195. The molecule has 0 bridgehead atoms. The van der Waals surface area contributed by atoms with Gasteiger partial charge in [-0.1, -0.05) is 0 Å². The maximum absolute atomic E-state index is 11.7. The van der Waals surface area contributed by atoms with Gasteiger partial charge in [0, 0.05) is 18.6 Å². The summed E-state index contributed by atoms with van der Waals surface area (Å²) in [6.07, 6.45) is 0.138. The van der Waals surface area contributed by atoms with Gasteiger partial charge < -0.3 is 4.74 Å². The number of hydrogen-bond acceptors (Lipinski definition) is 7. The van der Waals surface area contributed by atoms with Crippen LogP contribution in [0.5, 0.6) is 5.75 Å². The van der Waals surface area contributed by atoms with Crippen molar-refractivity contribution < 1.29 is 27.2 Å². The second kappa shape index (κ2) is 8.07. The Hall–Kier alpha value is -2.93. The van der Waals surface area contributed by atoms with Crippen LogP contribution in [0.3, 0.4) is 0 Å². The molecule has 1 heterocycles. The van der Waals surface area contributed by atoms with Crippen LogP contribution in [0.1, 0.15) is 12.8 Å². The number of ether oxygens (including phenoxy) is 1. The molecule has 0 fully saturated rings. The number of esters is 1. The third-order valence-electron chi connectivity index (χ3n) is 2.74. The summed E-state index contributed by atoms with van der Waals surface area (Å²) in [6.45, 7) is 0.00580. The van der Waals surface area contributed by atoms with Gasteiger partial charge in [-0.15, -0.1) is 3.98 Å². The van der Waals surface area contributed by atoms with Crippen molar-refractivity contribution in [1.82, 2.24) is 0 Å². The summed E-state index contributed by atoms with van der Waals surface area (Å²) < 4.78 is 26.3. The van der Waals surface area contributed by atoms with Crippen LogP contribution < -0.4 is 4.74 Å². The molecule has 1 atom stereocenters. The van der Waals surface area contributed by atoms with Crippen LogP contribution in [0, 0.1) is 10.1 Å². The van der Waals surface area contributed by atoms with Gasteiger partial charge in [-0.3, -0.25) is 19.5 Å². The Morgan fingerprint density at radius 1 is 1.25 bits per heavy atom. The van der Waals surface area contributed by atoms with Crippen molar-refractivity contribution in [3.8, 4) is 5.75 Å². The number of benzene rings is 1. The van der Waals surface area contributed by atoms with Crippen molar-refractivity contribution in [1.29, 1.82) is 0 Å². The van der Waals surface area contributed by atoms with E-state index in [2.05, 4.69) is 20.7 Å². The SMILES string of the molecule is O=C(CCC[N+](=C1N=NN=N1)S(=O)O)Oc1ccc([N+](=O)[O-])cc1. The van der Waals surface area contributed by atoms with Gasteiger partial charge in [0.25, 0.3) is 5.69 Å². The van der Waals surface area contributed by atoms with E-state index in [0.29, 0.717) is 0 Å². The molecule has 0 amide bonds. The number of nitro benzene ring substituents is 1. The van der Waals surface area contributed by atoms with E-state index in [1.807, 2.05) is 0 Å². The van der Waals surface area contributed by atoms with Gasteiger partial charge in [-0.25, -0.2) is 0 Å². The van der Waals surface area contributed by atoms with E-state index < -0.39 is 22.2 Å². The van der Waals surface area contributed by atoms with Gasteiger partial charge in [0.1, 0.15) is 5.75 Å². The Bertz CT molecular complexity index is 745. The van der Waals surface area contributed by atoms with Crippen LogP contribution in [0.2, 0.25) is 0 Å². The fraction of sp³-hybridized carbons (Fsp3) is 0.273. The minimum Gasteiger partial charge on any atom is -0.427 e. The molecule has 0 saturated heterocycles. The molecule has 1 aliphatic heterocycles. The van der Waals surface area contributed by atoms with E-state index in [0.717, 1.165) is 3.98 Å². The molecule has 12 nitrogen and oxygen atoms in total. The first kappa shape index (κ1) is 17.4. The summed E-state index contributed by atoms with van der Waals surface area (Å²) in [4.78, 5) is 21.7. The lowest BCUT2D eigenvalue weighted by Crippen LogP contribution is -2.22. The van der Waals surface area contributed by atoms with E-state index in [1.165, 1.54) is 24.3 Å². The van der Waals surface area contributed by atoms with Crippen molar-refractivity contribution in [2.24, 2.45) is 20.7 Å². The second-order valence-corrected chi connectivity index (χ2v) is 5.24.